The Morgan fingerprint density at radius 2 is 1.84 bits per heavy atom. The van der Waals surface area contributed by atoms with E-state index in [4.69, 9.17) is 14.2 Å². The van der Waals surface area contributed by atoms with Crippen LogP contribution >= 0.6 is 0 Å². The molecule has 1 saturated carbocycles. The lowest BCUT2D eigenvalue weighted by molar-refractivity contribution is -0.320. The van der Waals surface area contributed by atoms with Crippen molar-refractivity contribution >= 4 is 12.0 Å². The van der Waals surface area contributed by atoms with E-state index in [1.807, 2.05) is 0 Å². The lowest BCUT2D eigenvalue weighted by Crippen LogP contribution is -2.61. The fourth-order valence-electron chi connectivity index (χ4n) is 3.68. The van der Waals surface area contributed by atoms with E-state index in [1.165, 1.54) is 24.3 Å². The van der Waals surface area contributed by atoms with Gasteiger partial charge in [0.15, 0.2) is 23.9 Å². The third-order valence-electron chi connectivity index (χ3n) is 5.46. The minimum atomic E-state index is -1.59. The Hall–Kier alpha value is -2.21. The predicted molar refractivity (Wildman–Crippen MR) is 106 cm³/mol. The number of aliphatic hydroxyl groups is 4. The molecule has 1 aliphatic carbocycles. The summed E-state index contributed by atoms with van der Waals surface area (Å²) in [5, 5.41) is 59.0. The van der Waals surface area contributed by atoms with Crippen molar-refractivity contribution in [2.75, 3.05) is 6.61 Å². The van der Waals surface area contributed by atoms with Gasteiger partial charge in [-0.2, -0.15) is 0 Å². The zero-order valence-corrected chi connectivity index (χ0v) is 16.8. The second-order valence-electron chi connectivity index (χ2n) is 7.72. The van der Waals surface area contributed by atoms with Gasteiger partial charge in [-0.1, -0.05) is 18.9 Å². The number of carbonyl (C=O) groups excluding carboxylic acids is 1. The van der Waals surface area contributed by atoms with Crippen molar-refractivity contribution in [3.63, 3.8) is 0 Å². The maximum absolute atomic E-state index is 12.3. The number of ether oxygens (including phenoxy) is 3. The van der Waals surface area contributed by atoms with Crippen LogP contribution in [0.2, 0.25) is 0 Å². The Kier molecular flexibility index (Phi) is 7.87. The summed E-state index contributed by atoms with van der Waals surface area (Å²) < 4.78 is 16.6. The van der Waals surface area contributed by atoms with E-state index in [-0.39, 0.29) is 11.5 Å². The molecule has 10 nitrogen and oxygen atoms in total. The van der Waals surface area contributed by atoms with E-state index < -0.39 is 55.5 Å². The molecule has 2 fully saturated rings. The largest absolute Gasteiger partial charge is 0.504 e. The highest BCUT2D eigenvalue weighted by Gasteiger charge is 2.48. The lowest BCUT2D eigenvalue weighted by Gasteiger charge is -2.43. The van der Waals surface area contributed by atoms with Crippen LogP contribution in [0.1, 0.15) is 31.2 Å². The molecule has 2 aliphatic rings. The van der Waals surface area contributed by atoms with Gasteiger partial charge in [0.2, 0.25) is 0 Å². The van der Waals surface area contributed by atoms with E-state index >= 15 is 0 Å². The van der Waals surface area contributed by atoms with Gasteiger partial charge in [0.25, 0.3) is 0 Å². The minimum absolute atomic E-state index is 0.306. The number of aliphatic hydroxyl groups excluding tert-OH is 4. The Labute approximate surface area is 178 Å². The molecule has 0 aromatic heterocycles. The molecule has 1 saturated heterocycles. The molecule has 3 rings (SSSR count). The first-order valence-corrected chi connectivity index (χ1v) is 10.2. The van der Waals surface area contributed by atoms with Gasteiger partial charge in [-0.05, 0) is 36.6 Å². The lowest BCUT2D eigenvalue weighted by atomic mass is 9.94. The zero-order chi connectivity index (χ0) is 22.5. The quantitative estimate of drug-likeness (QED) is 0.198. The fraction of sp³-hybridized carbons (Fsp3) is 0.571. The Morgan fingerprint density at radius 1 is 1.10 bits per heavy atom. The first kappa shape index (κ1) is 23.5. The van der Waals surface area contributed by atoms with Gasteiger partial charge in [-0.15, -0.1) is 0 Å². The van der Waals surface area contributed by atoms with Crippen LogP contribution < -0.4 is 0 Å². The van der Waals surface area contributed by atoms with Crippen LogP contribution in [0.4, 0.5) is 0 Å². The summed E-state index contributed by atoms with van der Waals surface area (Å²) >= 11 is 0. The second-order valence-corrected chi connectivity index (χ2v) is 7.72. The molecule has 7 atom stereocenters. The minimum Gasteiger partial charge on any atom is -0.504 e. The standard InChI is InChI=1S/C21H28O10/c22-10-16-18(27)19(28)20(21(30-16)29-15-4-2-1-3-13(15)24)31-17(26)8-6-11-5-7-12(23)14(25)9-11/h5-9,13,15-16,18-25,27-28H,1-4,10H2/t13?,15?,16-,18-,19+,20-,21-/m1/s1. The van der Waals surface area contributed by atoms with Crippen LogP contribution in [-0.4, -0.2) is 86.1 Å². The van der Waals surface area contributed by atoms with Crippen molar-refractivity contribution in [2.45, 2.75) is 68.6 Å². The number of esters is 1. The van der Waals surface area contributed by atoms with Crippen molar-refractivity contribution in [3.8, 4) is 11.5 Å². The Balaban J connectivity index is 1.71. The van der Waals surface area contributed by atoms with Gasteiger partial charge in [-0.25, -0.2) is 4.79 Å². The topological polar surface area (TPSA) is 166 Å². The summed E-state index contributed by atoms with van der Waals surface area (Å²) in [6, 6.07) is 3.96. The monoisotopic (exact) mass is 440 g/mol. The number of phenols is 2. The average Bonchev–Trinajstić information content (AvgIpc) is 2.75. The molecule has 31 heavy (non-hydrogen) atoms. The molecule has 6 N–H and O–H groups in total. The molecule has 172 valence electrons. The SMILES string of the molecule is O=C(C=Cc1ccc(O)c(O)c1)O[C@H]1[C@H](OC2CCCCC2O)O[C@H](CO)[C@@H](O)[C@@H]1O. The van der Waals surface area contributed by atoms with Gasteiger partial charge < -0.3 is 44.8 Å². The van der Waals surface area contributed by atoms with E-state index in [0.717, 1.165) is 18.9 Å². The van der Waals surface area contributed by atoms with Crippen molar-refractivity contribution < 1.29 is 49.6 Å². The zero-order valence-electron chi connectivity index (χ0n) is 16.8. The highest BCUT2D eigenvalue weighted by Crippen LogP contribution is 2.30. The highest BCUT2D eigenvalue weighted by atomic mass is 16.7. The fourth-order valence-corrected chi connectivity index (χ4v) is 3.68. The number of rotatable bonds is 6. The number of aromatic hydroxyl groups is 2. The van der Waals surface area contributed by atoms with Gasteiger partial charge in [0.1, 0.15) is 18.3 Å². The van der Waals surface area contributed by atoms with Crippen LogP contribution in [0.25, 0.3) is 6.08 Å². The first-order chi connectivity index (χ1) is 14.8. The second kappa shape index (κ2) is 10.4. The molecular formula is C21H28O10. The third kappa shape index (κ3) is 5.73. The predicted octanol–water partition coefficient (Wildman–Crippen LogP) is -0.218. The van der Waals surface area contributed by atoms with Crippen LogP contribution in [0.3, 0.4) is 0 Å². The number of phenolic OH excluding ortho intramolecular Hbond substituents is 2. The summed E-state index contributed by atoms with van der Waals surface area (Å²) in [6.45, 7) is -0.587. The molecule has 0 spiro atoms. The van der Waals surface area contributed by atoms with E-state index in [0.29, 0.717) is 18.4 Å². The van der Waals surface area contributed by atoms with E-state index in [9.17, 15) is 35.4 Å². The maximum atomic E-state index is 12.3. The molecule has 1 heterocycles. The molecule has 1 aromatic carbocycles. The summed E-state index contributed by atoms with van der Waals surface area (Å²) in [4.78, 5) is 12.3. The Morgan fingerprint density at radius 3 is 2.52 bits per heavy atom. The normalized spacial score (nSPS) is 34.0. The van der Waals surface area contributed by atoms with Crippen molar-refractivity contribution in [2.24, 2.45) is 0 Å². The summed E-state index contributed by atoms with van der Waals surface area (Å²) in [6.07, 6.45) is -3.17. The van der Waals surface area contributed by atoms with Gasteiger partial charge in [0, 0.05) is 6.08 Å². The molecule has 10 heteroatoms. The van der Waals surface area contributed by atoms with Gasteiger partial charge in [-0.3, -0.25) is 0 Å². The van der Waals surface area contributed by atoms with E-state index in [1.54, 1.807) is 0 Å². The molecular weight excluding hydrogens is 412 g/mol. The average molecular weight is 440 g/mol. The maximum Gasteiger partial charge on any atom is 0.331 e. The number of hydrogen-bond acceptors (Lipinski definition) is 10. The molecule has 1 aliphatic heterocycles. The third-order valence-corrected chi connectivity index (χ3v) is 5.46. The number of hydrogen-bond donors (Lipinski definition) is 6. The Bertz CT molecular complexity index is 781. The summed E-state index contributed by atoms with van der Waals surface area (Å²) in [7, 11) is 0. The summed E-state index contributed by atoms with van der Waals surface area (Å²) in [5.74, 6) is -1.54. The van der Waals surface area contributed by atoms with Crippen LogP contribution in [0.15, 0.2) is 24.3 Å². The van der Waals surface area contributed by atoms with Crippen molar-refractivity contribution in [1.82, 2.24) is 0 Å². The van der Waals surface area contributed by atoms with E-state index in [2.05, 4.69) is 0 Å². The summed E-state index contributed by atoms with van der Waals surface area (Å²) in [5.41, 5.74) is 0.409. The molecule has 1 aromatic rings. The smallest absolute Gasteiger partial charge is 0.331 e. The van der Waals surface area contributed by atoms with Crippen molar-refractivity contribution in [3.05, 3.63) is 29.8 Å². The molecule has 2 unspecified atom stereocenters. The number of carbonyl (C=O) groups is 1. The highest BCUT2D eigenvalue weighted by molar-refractivity contribution is 5.87. The number of benzene rings is 1. The van der Waals surface area contributed by atoms with Crippen LogP contribution in [0.5, 0.6) is 11.5 Å². The van der Waals surface area contributed by atoms with Crippen molar-refractivity contribution in [1.29, 1.82) is 0 Å². The van der Waals surface area contributed by atoms with Gasteiger partial charge >= 0.3 is 5.97 Å². The van der Waals surface area contributed by atoms with Gasteiger partial charge in [0.05, 0.1) is 18.8 Å². The molecule has 0 bridgehead atoms. The van der Waals surface area contributed by atoms with Crippen LogP contribution in [-0.2, 0) is 19.0 Å². The molecule has 0 amide bonds. The first-order valence-electron chi connectivity index (χ1n) is 10.2. The molecule has 0 radical (unpaired) electrons. The van der Waals surface area contributed by atoms with Crippen LogP contribution in [0, 0.1) is 0 Å².